The van der Waals surface area contributed by atoms with Crippen LogP contribution in [0.3, 0.4) is 0 Å². The zero-order valence-corrected chi connectivity index (χ0v) is 69.0. The molecule has 3 aromatic heterocycles. The number of pyridine rings is 3. The molecule has 9 heterocycles. The molecule has 4 aromatic carbocycles. The summed E-state index contributed by atoms with van der Waals surface area (Å²) in [6.45, 7) is 16.2. The van der Waals surface area contributed by atoms with Crippen LogP contribution in [-0.2, 0) is 75.5 Å². The summed E-state index contributed by atoms with van der Waals surface area (Å²) in [7, 11) is -8.62. The number of amides is 3. The Bertz CT molecular complexity index is 5490. The molecule has 6 atom stereocenters. The Morgan fingerprint density at radius 1 is 0.492 bits per heavy atom. The number of ketones is 2. The van der Waals surface area contributed by atoms with Gasteiger partial charge in [0.05, 0.1) is 18.6 Å². The number of halogens is 7. The van der Waals surface area contributed by atoms with Gasteiger partial charge in [0.15, 0.2) is 11.6 Å². The number of aromatic nitrogens is 3. The number of aliphatic imine (C=N–C) groups is 3. The van der Waals surface area contributed by atoms with Gasteiger partial charge in [0.2, 0.25) is 47.9 Å². The number of benzene rings is 4. The molecule has 7 aromatic rings. The minimum atomic E-state index is -4.31. The fraction of sp³-hybridized carbons (Fsp3) is 0.420. The van der Waals surface area contributed by atoms with E-state index < -0.39 is 137 Å². The highest BCUT2D eigenvalue weighted by atomic mass is 32.2. The van der Waals surface area contributed by atoms with Crippen molar-refractivity contribution >= 4 is 83.3 Å². The van der Waals surface area contributed by atoms with E-state index in [0.717, 1.165) is 67.4 Å². The van der Waals surface area contributed by atoms with Crippen LogP contribution in [-0.4, -0.2) is 191 Å². The van der Waals surface area contributed by atoms with E-state index in [1.54, 1.807) is 48.5 Å². The van der Waals surface area contributed by atoms with Gasteiger partial charge in [-0.25, -0.2) is 94.1 Å². The van der Waals surface area contributed by atoms with Gasteiger partial charge in [0.1, 0.15) is 94.0 Å². The average molecular weight is 1730 g/mol. The van der Waals surface area contributed by atoms with Gasteiger partial charge in [-0.2, -0.15) is 0 Å². The zero-order chi connectivity index (χ0) is 85.6. The molecule has 3 amide bonds. The summed E-state index contributed by atoms with van der Waals surface area (Å²) in [5.74, 6) is -6.29. The van der Waals surface area contributed by atoms with Gasteiger partial charge in [-0.05, 0) is 190 Å². The van der Waals surface area contributed by atoms with Crippen molar-refractivity contribution in [2.24, 2.45) is 20.7 Å². The number of sulfonamides is 3. The first kappa shape index (κ1) is 94.6. The first-order valence-electron chi connectivity index (χ1n) is 36.9. The van der Waals surface area contributed by atoms with Crippen LogP contribution < -0.4 is 32.3 Å². The van der Waals surface area contributed by atoms with Crippen LogP contribution >= 0.6 is 0 Å². The molecule has 0 aliphatic carbocycles. The van der Waals surface area contributed by atoms with Crippen LogP contribution in [0.15, 0.2) is 155 Å². The normalized spacial score (nSPS) is 23.8. The standard InChI is InChI=1S/C33H37F2N5O5S.C26H31F2N5O5S.C20H22F2N6O3S.2CH4.FH/c1-31(2,3)45-30(42)37-29-38-32(4,25-17-23(11-13-26(25)35)18-28(41)27-14-12-24(34)19-36-27)33(46(43,44)39(29)5)15-16-40(21-33)20-22-9-7-6-8-10-22;1-24(2,3)38-23(35)31-22-32-25(4,26(10-11-29-15-26)39(36,37)33(22)5)18-12-16(6-8-19(18)28)13-21(34)20-9-7-17(27)14-30-20;1-19(20(7-8-24-11-20)32(30,31)28(2)18(23)27-19)14-9-13(4-5-15(14)22)26-17(29)16-6-3-12(21)10-25-16;;;/h6-14,17,19H,15-16,18,20-21H2,1-5H3,(H,37,38,42);6-9,12,14,29H,10-11,13,15H2,1-5H3,(H,31,32,35);3-6,9-10,24H,7-8,11H2,1-2H3,(H2,23,27)(H,26,29);2*1H4;1H/t32-,33?;25-,26?;19-,20?;;;/m111.../s1. The number of hydrogen-bond donors (Lipinski definition) is 6. The molecule has 648 valence electrons. The van der Waals surface area contributed by atoms with Crippen molar-refractivity contribution < 1.29 is 89.7 Å². The molecule has 120 heavy (non-hydrogen) atoms. The van der Waals surface area contributed by atoms with Gasteiger partial charge in [0.25, 0.3) is 5.91 Å². The van der Waals surface area contributed by atoms with Gasteiger partial charge < -0.3 is 31.2 Å². The lowest BCUT2D eigenvalue weighted by Gasteiger charge is -2.49. The molecule has 6 aliphatic rings. The number of ether oxygens (including phenoxy) is 2. The van der Waals surface area contributed by atoms with Crippen molar-refractivity contribution in [3.8, 4) is 0 Å². The Hall–Kier alpha value is -10.9. The summed E-state index contributed by atoms with van der Waals surface area (Å²) < 4.78 is 179. The van der Waals surface area contributed by atoms with Crippen LogP contribution in [0.2, 0.25) is 0 Å². The first-order chi connectivity index (χ1) is 54.7. The minimum Gasteiger partial charge on any atom is -0.444 e. The fourth-order valence-corrected chi connectivity index (χ4v) is 21.9. The van der Waals surface area contributed by atoms with E-state index in [1.807, 2.05) is 35.2 Å². The van der Waals surface area contributed by atoms with Crippen LogP contribution in [0, 0.1) is 34.9 Å². The van der Waals surface area contributed by atoms with E-state index in [0.29, 0.717) is 37.3 Å². The third-order valence-corrected chi connectivity index (χ3v) is 29.6. The monoisotopic (exact) mass is 1730 g/mol. The Labute approximate surface area is 693 Å². The number of alkyl carbamates (subject to hydrolysis) is 2. The summed E-state index contributed by atoms with van der Waals surface area (Å²) in [5.41, 5.74) is 1.02. The van der Waals surface area contributed by atoms with Crippen molar-refractivity contribution in [3.63, 3.8) is 0 Å². The summed E-state index contributed by atoms with van der Waals surface area (Å²) in [4.78, 5) is 90.9. The summed E-state index contributed by atoms with van der Waals surface area (Å²) in [6.07, 6.45) is 0.988. The molecule has 39 heteroatoms. The number of Topliss-reactive ketones (excluding diaryl/α,β-unsaturated/α-hetero) is 2. The molecule has 7 N–H and O–H groups in total. The molecule has 13 rings (SSSR count). The Morgan fingerprint density at radius 3 is 1.29 bits per heavy atom. The number of nitrogens with two attached hydrogens (primary N) is 1. The third kappa shape index (κ3) is 18.1. The highest BCUT2D eigenvalue weighted by Crippen LogP contribution is 2.54. The molecule has 29 nitrogen and oxygen atoms in total. The second-order valence-electron chi connectivity index (χ2n) is 31.6. The van der Waals surface area contributed by atoms with Crippen molar-refractivity contribution in [1.29, 1.82) is 0 Å². The van der Waals surface area contributed by atoms with Gasteiger partial charge in [-0.3, -0.25) is 44.6 Å². The summed E-state index contributed by atoms with van der Waals surface area (Å²) in [6, 6.07) is 28.5. The zero-order valence-electron chi connectivity index (χ0n) is 66.5. The molecule has 3 saturated heterocycles. The maximum Gasteiger partial charge on any atom is 0.414 e. The van der Waals surface area contributed by atoms with Gasteiger partial charge in [0, 0.05) is 89.1 Å². The highest BCUT2D eigenvalue weighted by Gasteiger charge is 2.69. The van der Waals surface area contributed by atoms with Crippen LogP contribution in [0.4, 0.5) is 46.3 Å². The van der Waals surface area contributed by atoms with Crippen molar-refractivity contribution in [3.05, 3.63) is 225 Å². The van der Waals surface area contributed by atoms with E-state index in [-0.39, 0.29) is 129 Å². The van der Waals surface area contributed by atoms with Gasteiger partial charge in [-0.1, -0.05) is 57.3 Å². The smallest absolute Gasteiger partial charge is 0.414 e. The number of hydrogen-bond acceptors (Lipinski definition) is 23. The Morgan fingerprint density at radius 2 is 0.883 bits per heavy atom. The SMILES string of the molecule is C.C.CN1C(N)=N[C@](C)(c2cc(NC(=O)c3ccc(F)cn3)ccc2F)C2(CCNC2)S1(=O)=O.CN1C(NC(=O)OC(C)(C)C)=N[C@](C)(c2cc(CC(=O)c3ccc(F)cn3)ccc2F)C2(CCN(Cc3ccccc3)C2)S1(=O)=O.CN1C(NC(=O)OC(C)(C)C)=N[C@](C)(c2cc(CC(=O)c3ccc(F)cn3)ccc2F)C2(CCNC2)S1(=O)=O.F. The first-order valence-corrected chi connectivity index (χ1v) is 41.3. The number of rotatable bonds is 13. The van der Waals surface area contributed by atoms with Gasteiger partial charge >= 0.3 is 12.2 Å². The molecule has 0 bridgehead atoms. The van der Waals surface area contributed by atoms with E-state index in [2.05, 4.69) is 51.5 Å². The number of nitrogens with one attached hydrogen (secondary N) is 5. The maximum absolute atomic E-state index is 16.0. The Balaban J connectivity index is 0.000000225. The highest BCUT2D eigenvalue weighted by molar-refractivity contribution is 7.92. The average Bonchev–Trinajstić information content (AvgIpc) is 1.50. The topological polar surface area (TPSA) is 381 Å². The molecule has 3 spiro atoms. The van der Waals surface area contributed by atoms with Crippen molar-refractivity contribution in [2.75, 3.05) is 65.7 Å². The third-order valence-electron chi connectivity index (χ3n) is 21.7. The molecule has 0 radical (unpaired) electrons. The molecule has 0 saturated carbocycles. The van der Waals surface area contributed by atoms with E-state index in [1.165, 1.54) is 95.7 Å². The summed E-state index contributed by atoms with van der Waals surface area (Å²) in [5, 5.41) is 13.5. The Kier molecular flexibility index (Phi) is 27.9. The summed E-state index contributed by atoms with van der Waals surface area (Å²) >= 11 is 0. The second-order valence-corrected chi connectivity index (χ2v) is 38.4. The maximum atomic E-state index is 16.0. The molecular formula is C81H99F7N16O13S3. The van der Waals surface area contributed by atoms with E-state index in [9.17, 15) is 62.4 Å². The van der Waals surface area contributed by atoms with Crippen molar-refractivity contribution in [1.82, 2.24) is 54.0 Å². The minimum absolute atomic E-state index is 0. The number of carbonyl (C=O) groups is 5. The molecule has 6 aliphatic heterocycles. The fourth-order valence-electron chi connectivity index (χ4n) is 15.5. The van der Waals surface area contributed by atoms with Crippen LogP contribution in [0.5, 0.6) is 0 Å². The lowest BCUT2D eigenvalue weighted by molar-refractivity contribution is 0.0546. The van der Waals surface area contributed by atoms with E-state index >= 15 is 13.2 Å². The molecular weight excluding hydrogens is 1630 g/mol. The molecule has 3 unspecified atom stereocenters. The van der Waals surface area contributed by atoms with Gasteiger partial charge in [-0.15, -0.1) is 0 Å². The predicted octanol–water partition coefficient (Wildman–Crippen LogP) is 10.3. The lowest BCUT2D eigenvalue weighted by atomic mass is 9.77. The predicted molar refractivity (Wildman–Crippen MR) is 439 cm³/mol. The number of guanidine groups is 3. The number of carbonyl (C=O) groups excluding carboxylic acids is 5. The molecule has 3 fully saturated rings. The second kappa shape index (κ2) is 35.4. The lowest BCUT2D eigenvalue weighted by Crippen LogP contribution is -2.66. The quantitative estimate of drug-likeness (QED) is 0.0461. The van der Waals surface area contributed by atoms with Crippen molar-refractivity contribution in [2.45, 2.75) is 158 Å². The van der Waals surface area contributed by atoms with Crippen LogP contribution in [0.1, 0.15) is 161 Å². The number of anilines is 1. The number of nitrogens with zero attached hydrogens (tertiary/aromatic N) is 10. The number of likely N-dealkylation sites (tertiary alicyclic amines) is 1. The van der Waals surface area contributed by atoms with E-state index in [4.69, 9.17) is 20.2 Å². The van der Waals surface area contributed by atoms with Crippen LogP contribution in [0.25, 0.3) is 0 Å². The largest absolute Gasteiger partial charge is 0.444 e.